The van der Waals surface area contributed by atoms with Crippen LogP contribution in [-0.4, -0.2) is 66.0 Å². The lowest BCUT2D eigenvalue weighted by Crippen LogP contribution is -2.51. The Bertz CT molecular complexity index is 753. The Kier molecular flexibility index (Phi) is 6.59. The van der Waals surface area contributed by atoms with E-state index in [1.807, 2.05) is 24.4 Å². The lowest BCUT2D eigenvalue weighted by molar-refractivity contribution is -0.124. The number of aromatic nitrogens is 1. The van der Waals surface area contributed by atoms with E-state index in [4.69, 9.17) is 4.52 Å². The number of rotatable bonds is 7. The maximum Gasteiger partial charge on any atom is 0.239 e. The van der Waals surface area contributed by atoms with Crippen LogP contribution in [0.1, 0.15) is 23.6 Å². The topological polar surface area (TPSA) is 90.7 Å². The minimum Gasteiger partial charge on any atom is -0.360 e. The van der Waals surface area contributed by atoms with Gasteiger partial charge in [0.2, 0.25) is 11.8 Å². The molecule has 2 N–H and O–H groups in total. The fourth-order valence-corrected chi connectivity index (χ4v) is 3.75. The second-order valence-electron chi connectivity index (χ2n) is 6.73. The summed E-state index contributed by atoms with van der Waals surface area (Å²) in [7, 11) is 0. The van der Waals surface area contributed by atoms with E-state index in [-0.39, 0.29) is 17.9 Å². The molecule has 2 aromatic rings. The molecule has 0 saturated carbocycles. The third-order valence-corrected chi connectivity index (χ3v) is 5.50. The highest BCUT2D eigenvalue weighted by atomic mass is 32.1. The Morgan fingerprint density at radius 2 is 1.89 bits per heavy atom. The molecular formula is C18H25N5O3S. The quantitative estimate of drug-likeness (QED) is 0.743. The largest absolute Gasteiger partial charge is 0.360 e. The molecule has 1 atom stereocenters. The maximum atomic E-state index is 12.2. The monoisotopic (exact) mass is 391 g/mol. The van der Waals surface area contributed by atoms with Gasteiger partial charge < -0.3 is 15.2 Å². The van der Waals surface area contributed by atoms with Gasteiger partial charge in [0, 0.05) is 37.1 Å². The van der Waals surface area contributed by atoms with Gasteiger partial charge in [0.25, 0.3) is 0 Å². The van der Waals surface area contributed by atoms with Gasteiger partial charge in [-0.3, -0.25) is 19.4 Å². The number of nitrogens with zero attached hydrogens (tertiary/aromatic N) is 3. The number of carbonyl (C=O) groups is 2. The highest BCUT2D eigenvalue weighted by Gasteiger charge is 2.21. The van der Waals surface area contributed by atoms with E-state index in [0.717, 1.165) is 31.1 Å². The van der Waals surface area contributed by atoms with Crippen LogP contribution in [0.15, 0.2) is 28.1 Å². The number of aryl methyl sites for hydroxylation is 1. The van der Waals surface area contributed by atoms with Gasteiger partial charge in [-0.2, -0.15) is 0 Å². The zero-order chi connectivity index (χ0) is 19.2. The van der Waals surface area contributed by atoms with Gasteiger partial charge in [-0.1, -0.05) is 11.2 Å². The molecule has 0 spiro atoms. The zero-order valence-corrected chi connectivity index (χ0v) is 16.4. The summed E-state index contributed by atoms with van der Waals surface area (Å²) >= 11 is 1.64. The van der Waals surface area contributed by atoms with Gasteiger partial charge in [-0.15, -0.1) is 11.3 Å². The summed E-state index contributed by atoms with van der Waals surface area (Å²) in [4.78, 5) is 29.7. The molecule has 1 aliphatic rings. The van der Waals surface area contributed by atoms with E-state index < -0.39 is 0 Å². The summed E-state index contributed by atoms with van der Waals surface area (Å²) in [6.45, 7) is 7.48. The minimum absolute atomic E-state index is 0.0302. The van der Waals surface area contributed by atoms with Crippen LogP contribution in [0.25, 0.3) is 0 Å². The summed E-state index contributed by atoms with van der Waals surface area (Å²) < 4.78 is 4.94. The normalized spacial score (nSPS) is 16.8. The molecular weight excluding hydrogens is 366 g/mol. The number of piperazine rings is 1. The first-order valence-corrected chi connectivity index (χ1v) is 9.88. The van der Waals surface area contributed by atoms with Gasteiger partial charge in [-0.05, 0) is 25.3 Å². The summed E-state index contributed by atoms with van der Waals surface area (Å²) in [6, 6.07) is 5.73. The van der Waals surface area contributed by atoms with Crippen molar-refractivity contribution in [3.63, 3.8) is 0 Å². The molecule has 146 valence electrons. The first-order chi connectivity index (χ1) is 13.0. The molecule has 1 unspecified atom stereocenters. The van der Waals surface area contributed by atoms with Crippen LogP contribution in [-0.2, 0) is 9.59 Å². The molecule has 3 rings (SSSR count). The molecule has 9 heteroatoms. The second kappa shape index (κ2) is 9.12. The number of amides is 2. The lowest BCUT2D eigenvalue weighted by Gasteiger charge is -2.33. The van der Waals surface area contributed by atoms with E-state index in [9.17, 15) is 9.59 Å². The predicted molar refractivity (Wildman–Crippen MR) is 104 cm³/mol. The molecule has 27 heavy (non-hydrogen) atoms. The second-order valence-corrected chi connectivity index (χ2v) is 7.71. The van der Waals surface area contributed by atoms with Crippen molar-refractivity contribution in [2.75, 3.05) is 44.6 Å². The molecule has 1 saturated heterocycles. The van der Waals surface area contributed by atoms with Gasteiger partial charge in [0.15, 0.2) is 5.82 Å². The Morgan fingerprint density at radius 1 is 1.22 bits per heavy atom. The summed E-state index contributed by atoms with van der Waals surface area (Å²) in [5.74, 6) is 1.01. The Hall–Kier alpha value is -2.23. The predicted octanol–water partition coefficient (Wildman–Crippen LogP) is 1.48. The Morgan fingerprint density at radius 3 is 2.44 bits per heavy atom. The first-order valence-electron chi connectivity index (χ1n) is 9.00. The lowest BCUT2D eigenvalue weighted by atomic mass is 10.2. The fourth-order valence-electron chi connectivity index (χ4n) is 3.02. The highest BCUT2D eigenvalue weighted by Crippen LogP contribution is 2.18. The van der Waals surface area contributed by atoms with Crippen molar-refractivity contribution in [2.45, 2.75) is 19.9 Å². The molecule has 2 amide bonds. The van der Waals surface area contributed by atoms with Crippen molar-refractivity contribution in [1.29, 1.82) is 0 Å². The molecule has 8 nitrogen and oxygen atoms in total. The van der Waals surface area contributed by atoms with Crippen LogP contribution in [0.5, 0.6) is 0 Å². The number of nitrogens with one attached hydrogen (secondary N) is 2. The highest BCUT2D eigenvalue weighted by molar-refractivity contribution is 7.10. The van der Waals surface area contributed by atoms with Gasteiger partial charge in [-0.25, -0.2) is 0 Å². The van der Waals surface area contributed by atoms with Crippen molar-refractivity contribution >= 4 is 29.0 Å². The van der Waals surface area contributed by atoms with Crippen LogP contribution >= 0.6 is 11.3 Å². The molecule has 0 aromatic carbocycles. The standard InChI is InChI=1S/C18H25N5O3S/c1-13-10-16(21-26-13)20-18(25)12-23-7-5-22(6-8-23)11-17(24)19-14(2)15-4-3-9-27-15/h3-4,9-10,14H,5-8,11-12H2,1-2H3,(H,19,24)(H,20,21,25). The summed E-state index contributed by atoms with van der Waals surface area (Å²) in [5.41, 5.74) is 0. The molecule has 0 aliphatic carbocycles. The van der Waals surface area contributed by atoms with Gasteiger partial charge in [0.05, 0.1) is 19.1 Å². The van der Waals surface area contributed by atoms with Gasteiger partial charge >= 0.3 is 0 Å². The number of hydrogen-bond acceptors (Lipinski definition) is 7. The van der Waals surface area contributed by atoms with Crippen molar-refractivity contribution in [2.24, 2.45) is 0 Å². The van der Waals surface area contributed by atoms with E-state index >= 15 is 0 Å². The van der Waals surface area contributed by atoms with Crippen molar-refractivity contribution in [1.82, 2.24) is 20.3 Å². The van der Waals surface area contributed by atoms with E-state index in [1.54, 1.807) is 24.3 Å². The first kappa shape index (κ1) is 19.5. The van der Waals surface area contributed by atoms with E-state index in [0.29, 0.717) is 24.7 Å². The average Bonchev–Trinajstić information content (AvgIpc) is 3.28. The number of hydrogen-bond donors (Lipinski definition) is 2. The molecule has 0 radical (unpaired) electrons. The number of anilines is 1. The van der Waals surface area contributed by atoms with Crippen LogP contribution in [0.2, 0.25) is 0 Å². The SMILES string of the molecule is Cc1cc(NC(=O)CN2CCN(CC(=O)NC(C)c3cccs3)CC2)no1. The zero-order valence-electron chi connectivity index (χ0n) is 15.6. The fraction of sp³-hybridized carbons (Fsp3) is 0.500. The van der Waals surface area contributed by atoms with Crippen LogP contribution < -0.4 is 10.6 Å². The van der Waals surface area contributed by atoms with Crippen LogP contribution in [0.4, 0.5) is 5.82 Å². The molecule has 3 heterocycles. The third-order valence-electron chi connectivity index (χ3n) is 4.44. The molecule has 2 aromatic heterocycles. The van der Waals surface area contributed by atoms with Crippen LogP contribution in [0, 0.1) is 6.92 Å². The van der Waals surface area contributed by atoms with Gasteiger partial charge in [0.1, 0.15) is 5.76 Å². The Labute approximate surface area is 162 Å². The number of carbonyl (C=O) groups excluding carboxylic acids is 2. The van der Waals surface area contributed by atoms with E-state index in [1.165, 1.54) is 0 Å². The molecule has 1 aliphatic heterocycles. The van der Waals surface area contributed by atoms with Crippen molar-refractivity contribution < 1.29 is 14.1 Å². The molecule has 1 fully saturated rings. The maximum absolute atomic E-state index is 12.2. The summed E-state index contributed by atoms with van der Waals surface area (Å²) in [6.07, 6.45) is 0. The third kappa shape index (κ3) is 5.88. The van der Waals surface area contributed by atoms with Crippen molar-refractivity contribution in [3.8, 4) is 0 Å². The minimum atomic E-state index is -0.112. The van der Waals surface area contributed by atoms with Crippen molar-refractivity contribution in [3.05, 3.63) is 34.2 Å². The summed E-state index contributed by atoms with van der Waals surface area (Å²) in [5, 5.41) is 11.5. The van der Waals surface area contributed by atoms with Crippen LogP contribution in [0.3, 0.4) is 0 Å². The van der Waals surface area contributed by atoms with E-state index in [2.05, 4.69) is 25.6 Å². The molecule has 0 bridgehead atoms. The average molecular weight is 391 g/mol. The number of thiophene rings is 1. The Balaban J connectivity index is 1.36. The smallest absolute Gasteiger partial charge is 0.239 e.